The van der Waals surface area contributed by atoms with Crippen molar-refractivity contribution in [3.05, 3.63) is 0 Å². The molecule has 3 amide bonds. The third-order valence-corrected chi connectivity index (χ3v) is 3.42. The van der Waals surface area contributed by atoms with Crippen molar-refractivity contribution in [3.8, 4) is 0 Å². The number of urea groups is 1. The minimum absolute atomic E-state index is 0.0234. The number of carboxylic acid groups (broad SMARTS) is 1. The summed E-state index contributed by atoms with van der Waals surface area (Å²) >= 11 is 0. The van der Waals surface area contributed by atoms with E-state index in [4.69, 9.17) is 5.11 Å². The van der Waals surface area contributed by atoms with Gasteiger partial charge in [0.15, 0.2) is 0 Å². The van der Waals surface area contributed by atoms with Gasteiger partial charge in [0.05, 0.1) is 0 Å². The van der Waals surface area contributed by atoms with Crippen LogP contribution in [-0.2, 0) is 9.59 Å². The fourth-order valence-electron chi connectivity index (χ4n) is 1.73. The zero-order valence-electron chi connectivity index (χ0n) is 11.9. The van der Waals surface area contributed by atoms with Crippen LogP contribution in [0.4, 0.5) is 4.79 Å². The van der Waals surface area contributed by atoms with Gasteiger partial charge in [0.1, 0.15) is 6.04 Å². The van der Waals surface area contributed by atoms with Gasteiger partial charge in [-0.15, -0.1) is 0 Å². The van der Waals surface area contributed by atoms with Gasteiger partial charge in [0.25, 0.3) is 0 Å². The Kier molecular flexibility index (Phi) is 6.27. The van der Waals surface area contributed by atoms with Crippen LogP contribution in [0.3, 0.4) is 0 Å². The lowest BCUT2D eigenvalue weighted by Gasteiger charge is -2.20. The number of hydrogen-bond donors (Lipinski definition) is 4. The molecule has 7 nitrogen and oxygen atoms in total. The van der Waals surface area contributed by atoms with Gasteiger partial charge in [-0.3, -0.25) is 4.79 Å². The van der Waals surface area contributed by atoms with Gasteiger partial charge >= 0.3 is 12.0 Å². The van der Waals surface area contributed by atoms with Gasteiger partial charge in [0.2, 0.25) is 5.91 Å². The monoisotopic (exact) mass is 285 g/mol. The lowest BCUT2D eigenvalue weighted by atomic mass is 9.99. The summed E-state index contributed by atoms with van der Waals surface area (Å²) in [6.45, 7) is 4.27. The first-order valence-corrected chi connectivity index (χ1v) is 7.00. The maximum atomic E-state index is 11.6. The van der Waals surface area contributed by atoms with Crippen LogP contribution in [0.5, 0.6) is 0 Å². The summed E-state index contributed by atoms with van der Waals surface area (Å²) in [5.41, 5.74) is 0. The van der Waals surface area contributed by atoms with Crippen LogP contribution >= 0.6 is 0 Å². The van der Waals surface area contributed by atoms with Crippen LogP contribution in [0.15, 0.2) is 0 Å². The van der Waals surface area contributed by atoms with E-state index in [0.717, 1.165) is 12.8 Å². The molecule has 0 radical (unpaired) electrons. The summed E-state index contributed by atoms with van der Waals surface area (Å²) in [5.74, 6) is -1.02. The minimum atomic E-state index is -1.04. The highest BCUT2D eigenvalue weighted by molar-refractivity contribution is 5.83. The molecule has 20 heavy (non-hydrogen) atoms. The number of rotatable bonds is 8. The molecule has 0 spiro atoms. The molecule has 1 rings (SSSR count). The third-order valence-electron chi connectivity index (χ3n) is 3.42. The van der Waals surface area contributed by atoms with Gasteiger partial charge in [-0.25, -0.2) is 9.59 Å². The Bertz CT molecular complexity index is 369. The van der Waals surface area contributed by atoms with Crippen molar-refractivity contribution in [2.45, 2.75) is 39.2 Å². The van der Waals surface area contributed by atoms with Crippen molar-refractivity contribution in [2.75, 3.05) is 13.1 Å². The highest BCUT2D eigenvalue weighted by Gasteiger charge is 2.29. The van der Waals surface area contributed by atoms with Gasteiger partial charge in [-0.1, -0.05) is 20.3 Å². The van der Waals surface area contributed by atoms with E-state index in [0.29, 0.717) is 13.0 Å². The molecule has 1 fully saturated rings. The van der Waals surface area contributed by atoms with Gasteiger partial charge < -0.3 is 21.1 Å². The molecule has 0 aromatic heterocycles. The number of carbonyl (C=O) groups is 3. The third kappa shape index (κ3) is 5.46. The Morgan fingerprint density at radius 1 is 1.20 bits per heavy atom. The summed E-state index contributed by atoms with van der Waals surface area (Å²) in [6.07, 6.45) is 2.54. The summed E-state index contributed by atoms with van der Waals surface area (Å²) < 4.78 is 0. The van der Waals surface area contributed by atoms with Crippen LogP contribution < -0.4 is 16.0 Å². The van der Waals surface area contributed by atoms with Crippen LogP contribution in [0, 0.1) is 11.8 Å². The van der Waals surface area contributed by atoms with Gasteiger partial charge in [-0.05, 0) is 18.8 Å². The lowest BCUT2D eigenvalue weighted by molar-refractivity contribution is -0.140. The van der Waals surface area contributed by atoms with Crippen LogP contribution in [0.25, 0.3) is 0 Å². The molecule has 0 aliphatic heterocycles. The van der Waals surface area contributed by atoms with Crippen LogP contribution in [0.1, 0.15) is 33.1 Å². The second kappa shape index (κ2) is 7.72. The Morgan fingerprint density at radius 3 is 2.30 bits per heavy atom. The minimum Gasteiger partial charge on any atom is -0.480 e. The Balaban J connectivity index is 2.20. The zero-order chi connectivity index (χ0) is 15.1. The molecule has 0 aromatic rings. The molecule has 0 saturated heterocycles. The molecule has 7 heteroatoms. The molecular weight excluding hydrogens is 262 g/mol. The van der Waals surface area contributed by atoms with E-state index >= 15 is 0 Å². The summed E-state index contributed by atoms with van der Waals surface area (Å²) in [6, 6.07) is -1.43. The number of carboxylic acids is 1. The SMILES string of the molecule is CCC(C)[C@H](NC(=O)NCCNC(=O)C1CC1)C(=O)O. The molecule has 1 aliphatic carbocycles. The highest BCUT2D eigenvalue weighted by Crippen LogP contribution is 2.28. The van der Waals surface area contributed by atoms with Gasteiger partial charge in [-0.2, -0.15) is 0 Å². The summed E-state index contributed by atoms with van der Waals surface area (Å²) in [7, 11) is 0. The molecule has 2 atom stereocenters. The normalized spacial score (nSPS) is 16.9. The van der Waals surface area contributed by atoms with Crippen molar-refractivity contribution in [1.29, 1.82) is 0 Å². The molecule has 1 unspecified atom stereocenters. The zero-order valence-corrected chi connectivity index (χ0v) is 11.9. The fourth-order valence-corrected chi connectivity index (χ4v) is 1.73. The molecule has 1 aliphatic rings. The Morgan fingerprint density at radius 2 is 1.80 bits per heavy atom. The Hall–Kier alpha value is -1.79. The van der Waals surface area contributed by atoms with Crippen molar-refractivity contribution in [2.24, 2.45) is 11.8 Å². The first kappa shape index (κ1) is 16.3. The number of carbonyl (C=O) groups excluding carboxylic acids is 2. The smallest absolute Gasteiger partial charge is 0.326 e. The molecular formula is C13H23N3O4. The average molecular weight is 285 g/mol. The van der Waals surface area contributed by atoms with Crippen molar-refractivity contribution in [3.63, 3.8) is 0 Å². The van der Waals surface area contributed by atoms with Gasteiger partial charge in [0, 0.05) is 19.0 Å². The predicted octanol–water partition coefficient (Wildman–Crippen LogP) is 0.311. The van der Waals surface area contributed by atoms with Crippen molar-refractivity contribution < 1.29 is 19.5 Å². The second-order valence-electron chi connectivity index (χ2n) is 5.17. The lowest BCUT2D eigenvalue weighted by Crippen LogP contribution is -2.50. The van der Waals surface area contributed by atoms with E-state index in [2.05, 4.69) is 16.0 Å². The standard InChI is InChI=1S/C13H23N3O4/c1-3-8(2)10(12(18)19)16-13(20)15-7-6-14-11(17)9-4-5-9/h8-10H,3-7H2,1-2H3,(H,14,17)(H,18,19)(H2,15,16,20)/t8?,10-/m0/s1. The maximum Gasteiger partial charge on any atom is 0.326 e. The quantitative estimate of drug-likeness (QED) is 0.481. The van der Waals surface area contributed by atoms with E-state index in [1.54, 1.807) is 6.92 Å². The summed E-state index contributed by atoms with van der Waals surface area (Å²) in [4.78, 5) is 33.9. The first-order chi connectivity index (χ1) is 9.45. The van der Waals surface area contributed by atoms with E-state index in [1.165, 1.54) is 0 Å². The Labute approximate surface area is 118 Å². The van der Waals surface area contributed by atoms with E-state index < -0.39 is 18.0 Å². The van der Waals surface area contributed by atoms with Crippen molar-refractivity contribution in [1.82, 2.24) is 16.0 Å². The fraction of sp³-hybridized carbons (Fsp3) is 0.769. The molecule has 0 aromatic carbocycles. The van der Waals surface area contributed by atoms with E-state index in [-0.39, 0.29) is 24.3 Å². The highest BCUT2D eigenvalue weighted by atomic mass is 16.4. The van der Waals surface area contributed by atoms with Crippen molar-refractivity contribution >= 4 is 17.9 Å². The number of hydrogen-bond acceptors (Lipinski definition) is 3. The number of amides is 3. The van der Waals surface area contributed by atoms with Crippen LogP contribution in [-0.4, -0.2) is 42.1 Å². The summed E-state index contributed by atoms with van der Waals surface area (Å²) in [5, 5.41) is 16.7. The molecule has 4 N–H and O–H groups in total. The number of nitrogens with one attached hydrogen (secondary N) is 3. The second-order valence-corrected chi connectivity index (χ2v) is 5.17. The average Bonchev–Trinajstić information content (AvgIpc) is 3.23. The maximum absolute atomic E-state index is 11.6. The largest absolute Gasteiger partial charge is 0.480 e. The predicted molar refractivity (Wildman–Crippen MR) is 73.1 cm³/mol. The molecule has 0 bridgehead atoms. The molecule has 114 valence electrons. The number of aliphatic carboxylic acids is 1. The van der Waals surface area contributed by atoms with E-state index in [9.17, 15) is 14.4 Å². The van der Waals surface area contributed by atoms with Crippen LogP contribution in [0.2, 0.25) is 0 Å². The van der Waals surface area contributed by atoms with E-state index in [1.807, 2.05) is 6.92 Å². The molecule has 1 saturated carbocycles. The molecule has 0 heterocycles. The topological polar surface area (TPSA) is 108 Å². The first-order valence-electron chi connectivity index (χ1n) is 7.00.